The molecule has 0 aliphatic heterocycles. The fourth-order valence-electron chi connectivity index (χ4n) is 3.76. The van der Waals surface area contributed by atoms with E-state index >= 15 is 0 Å². The number of hydrogen-bond acceptors (Lipinski definition) is 7. The van der Waals surface area contributed by atoms with Crippen LogP contribution in [0.15, 0.2) is 42.7 Å². The smallest absolute Gasteiger partial charge is 0.243 e. The Morgan fingerprint density at radius 1 is 0.902 bits per heavy atom. The Kier molecular flexibility index (Phi) is 12.5. The Morgan fingerprint density at radius 3 is 2.27 bits per heavy atom. The van der Waals surface area contributed by atoms with Crippen LogP contribution in [0.1, 0.15) is 56.0 Å². The number of carbonyl (C=O) groups excluding carboxylic acids is 5. The number of Topliss-reactive ketones (excluding diaryl/α,β-unsaturated/α-hetero) is 1. The molecular weight excluding hydrogens is 524 g/mol. The minimum absolute atomic E-state index is 0.0156. The van der Waals surface area contributed by atoms with E-state index in [9.17, 15) is 24.0 Å². The van der Waals surface area contributed by atoms with E-state index < -0.39 is 23.8 Å². The van der Waals surface area contributed by atoms with Gasteiger partial charge in [-0.15, -0.1) is 0 Å². The first-order valence-corrected chi connectivity index (χ1v) is 13.8. The summed E-state index contributed by atoms with van der Waals surface area (Å²) in [5.74, 6) is 4.80. The van der Waals surface area contributed by atoms with Gasteiger partial charge in [0.2, 0.25) is 23.6 Å². The molecule has 4 N–H and O–H groups in total. The van der Waals surface area contributed by atoms with Gasteiger partial charge in [-0.1, -0.05) is 49.1 Å². The number of ketones is 1. The summed E-state index contributed by atoms with van der Waals surface area (Å²) in [5.41, 5.74) is 1.54. The van der Waals surface area contributed by atoms with Crippen LogP contribution in [-0.4, -0.2) is 65.1 Å². The van der Waals surface area contributed by atoms with Crippen molar-refractivity contribution in [2.24, 2.45) is 5.92 Å². The zero-order valence-electron chi connectivity index (χ0n) is 23.2. The van der Waals surface area contributed by atoms with E-state index in [2.05, 4.69) is 43.1 Å². The van der Waals surface area contributed by atoms with Crippen LogP contribution in [0.5, 0.6) is 0 Å². The summed E-state index contributed by atoms with van der Waals surface area (Å²) in [7, 11) is 0. The molecule has 1 aromatic carbocycles. The minimum atomic E-state index is -0.917. The SMILES string of the molecule is CCc1ncc(C#CCCCC(=O)NCC(=O)NCC(=O)NC(Cc2ccccc2)C(=O)NCC(=O)C2CC2)cn1. The van der Waals surface area contributed by atoms with Crippen molar-refractivity contribution in [2.45, 2.75) is 57.9 Å². The van der Waals surface area contributed by atoms with Crippen molar-refractivity contribution >= 4 is 29.4 Å². The van der Waals surface area contributed by atoms with Crippen LogP contribution < -0.4 is 21.3 Å². The van der Waals surface area contributed by atoms with Crippen molar-refractivity contribution in [3.05, 3.63) is 59.7 Å². The van der Waals surface area contributed by atoms with Gasteiger partial charge in [-0.05, 0) is 24.8 Å². The number of nitrogens with zero attached hydrogens (tertiary/aromatic N) is 2. The fraction of sp³-hybridized carbons (Fsp3) is 0.433. The molecule has 1 unspecified atom stereocenters. The van der Waals surface area contributed by atoms with E-state index in [0.29, 0.717) is 18.4 Å². The second-order valence-electron chi connectivity index (χ2n) is 9.72. The van der Waals surface area contributed by atoms with E-state index in [1.54, 1.807) is 12.4 Å². The molecule has 1 aliphatic carbocycles. The third-order valence-electron chi connectivity index (χ3n) is 6.26. The summed E-state index contributed by atoms with van der Waals surface area (Å²) in [5, 5.41) is 10.2. The maximum absolute atomic E-state index is 12.7. The van der Waals surface area contributed by atoms with Gasteiger partial charge in [0.15, 0.2) is 5.78 Å². The monoisotopic (exact) mass is 560 g/mol. The van der Waals surface area contributed by atoms with Crippen LogP contribution in [-0.2, 0) is 36.8 Å². The molecule has 1 heterocycles. The second-order valence-corrected chi connectivity index (χ2v) is 9.72. The minimum Gasteiger partial charge on any atom is -0.347 e. The lowest BCUT2D eigenvalue weighted by atomic mass is 10.0. The molecule has 3 rings (SSSR count). The second kappa shape index (κ2) is 16.5. The average molecular weight is 561 g/mol. The molecule has 1 saturated carbocycles. The third-order valence-corrected chi connectivity index (χ3v) is 6.26. The summed E-state index contributed by atoms with van der Waals surface area (Å²) in [6, 6.07) is 8.24. The number of nitrogens with one attached hydrogen (secondary N) is 4. The quantitative estimate of drug-likeness (QED) is 0.184. The Balaban J connectivity index is 1.34. The summed E-state index contributed by atoms with van der Waals surface area (Å²) >= 11 is 0. The zero-order chi connectivity index (χ0) is 29.5. The fourth-order valence-corrected chi connectivity index (χ4v) is 3.76. The Bertz CT molecular complexity index is 1270. The van der Waals surface area contributed by atoms with Gasteiger partial charge < -0.3 is 21.3 Å². The van der Waals surface area contributed by atoms with Crippen LogP contribution in [0.4, 0.5) is 0 Å². The molecule has 1 atom stereocenters. The standard InChI is InChI=1S/C30H36N6O5/c1-2-26-31-16-22(17-32-26)11-7-4-8-12-27(38)33-19-28(39)34-20-29(40)36-24(15-21-9-5-3-6-10-21)30(41)35-18-25(37)23-13-14-23/h3,5-6,9-10,16-17,23-24H,2,4,8,12-15,18-20H2,1H3,(H,33,38)(H,34,39)(H,35,41)(H,36,40). The molecule has 1 fully saturated rings. The average Bonchev–Trinajstić information content (AvgIpc) is 3.84. The number of unbranched alkanes of at least 4 members (excludes halogenated alkanes) is 1. The molecule has 41 heavy (non-hydrogen) atoms. The predicted octanol–water partition coefficient (Wildman–Crippen LogP) is 0.616. The lowest BCUT2D eigenvalue weighted by molar-refractivity contribution is -0.131. The molecule has 1 aromatic heterocycles. The topological polar surface area (TPSA) is 159 Å². The van der Waals surface area contributed by atoms with Crippen LogP contribution >= 0.6 is 0 Å². The van der Waals surface area contributed by atoms with Gasteiger partial charge >= 0.3 is 0 Å². The molecule has 11 nitrogen and oxygen atoms in total. The number of carbonyl (C=O) groups is 5. The molecule has 0 bridgehead atoms. The van der Waals surface area contributed by atoms with Crippen molar-refractivity contribution in [1.82, 2.24) is 31.2 Å². The Labute approximate surface area is 239 Å². The maximum atomic E-state index is 12.7. The number of rotatable bonds is 15. The Morgan fingerprint density at radius 2 is 1.59 bits per heavy atom. The lowest BCUT2D eigenvalue weighted by Gasteiger charge is -2.19. The van der Waals surface area contributed by atoms with Crippen LogP contribution in [0, 0.1) is 17.8 Å². The highest BCUT2D eigenvalue weighted by Crippen LogP contribution is 2.29. The van der Waals surface area contributed by atoms with Gasteiger partial charge in [-0.2, -0.15) is 0 Å². The van der Waals surface area contributed by atoms with E-state index in [0.717, 1.165) is 30.7 Å². The highest BCUT2D eigenvalue weighted by molar-refractivity contribution is 5.93. The summed E-state index contributed by atoms with van der Waals surface area (Å²) < 4.78 is 0. The first kappa shape index (κ1) is 30.9. The van der Waals surface area contributed by atoms with Crippen molar-refractivity contribution in [2.75, 3.05) is 19.6 Å². The molecule has 4 amide bonds. The van der Waals surface area contributed by atoms with E-state index in [1.165, 1.54) is 0 Å². The largest absolute Gasteiger partial charge is 0.347 e. The molecule has 0 saturated heterocycles. The zero-order valence-corrected chi connectivity index (χ0v) is 23.2. The number of hydrogen-bond donors (Lipinski definition) is 4. The molecule has 0 radical (unpaired) electrons. The highest BCUT2D eigenvalue weighted by Gasteiger charge is 2.30. The maximum Gasteiger partial charge on any atom is 0.243 e. The molecule has 2 aromatic rings. The third kappa shape index (κ3) is 12.0. The van der Waals surface area contributed by atoms with Crippen molar-refractivity contribution < 1.29 is 24.0 Å². The summed E-state index contributed by atoms with van der Waals surface area (Å²) in [6.07, 6.45) is 7.23. The summed E-state index contributed by atoms with van der Waals surface area (Å²) in [6.45, 7) is 1.25. The number of aromatic nitrogens is 2. The van der Waals surface area contributed by atoms with Gasteiger partial charge in [0, 0.05) is 44.0 Å². The molecule has 0 spiro atoms. The molecule has 11 heteroatoms. The normalized spacial score (nSPS) is 12.7. The van der Waals surface area contributed by atoms with Gasteiger partial charge in [0.1, 0.15) is 11.9 Å². The van der Waals surface area contributed by atoms with Gasteiger partial charge in [0.05, 0.1) is 25.2 Å². The van der Waals surface area contributed by atoms with E-state index in [1.807, 2.05) is 37.3 Å². The number of amides is 4. The van der Waals surface area contributed by atoms with Crippen LogP contribution in [0.25, 0.3) is 0 Å². The number of benzene rings is 1. The van der Waals surface area contributed by atoms with Gasteiger partial charge in [0.25, 0.3) is 0 Å². The van der Waals surface area contributed by atoms with Crippen LogP contribution in [0.2, 0.25) is 0 Å². The van der Waals surface area contributed by atoms with Crippen molar-refractivity contribution in [1.29, 1.82) is 0 Å². The van der Waals surface area contributed by atoms with Gasteiger partial charge in [-0.25, -0.2) is 9.97 Å². The molecule has 216 valence electrons. The predicted molar refractivity (Wildman–Crippen MR) is 151 cm³/mol. The Hall–Kier alpha value is -4.59. The van der Waals surface area contributed by atoms with E-state index in [4.69, 9.17) is 0 Å². The highest BCUT2D eigenvalue weighted by atomic mass is 16.2. The van der Waals surface area contributed by atoms with Crippen LogP contribution in [0.3, 0.4) is 0 Å². The van der Waals surface area contributed by atoms with Gasteiger partial charge in [-0.3, -0.25) is 24.0 Å². The van der Waals surface area contributed by atoms with Crippen molar-refractivity contribution in [3.8, 4) is 11.8 Å². The first-order chi connectivity index (χ1) is 19.8. The van der Waals surface area contributed by atoms with Crippen molar-refractivity contribution in [3.63, 3.8) is 0 Å². The first-order valence-electron chi connectivity index (χ1n) is 13.8. The number of aryl methyl sites for hydroxylation is 1. The van der Waals surface area contributed by atoms with E-state index in [-0.39, 0.29) is 50.1 Å². The molecular formula is C30H36N6O5. The lowest BCUT2D eigenvalue weighted by Crippen LogP contribution is -2.51. The summed E-state index contributed by atoms with van der Waals surface area (Å²) in [4.78, 5) is 69.7. The molecule has 1 aliphatic rings.